The first-order valence-electron chi connectivity index (χ1n) is 8.54. The summed E-state index contributed by atoms with van der Waals surface area (Å²) in [6.07, 6.45) is 0. The van der Waals surface area contributed by atoms with Crippen LogP contribution in [0.15, 0.2) is 47.3 Å². The lowest BCUT2D eigenvalue weighted by molar-refractivity contribution is -0.119. The van der Waals surface area contributed by atoms with Crippen LogP contribution in [0, 0.1) is 12.7 Å². The summed E-state index contributed by atoms with van der Waals surface area (Å²) in [7, 11) is 3.36. The number of benzene rings is 2. The molecular formula is C20H21FN4O2. The van der Waals surface area contributed by atoms with E-state index in [0.29, 0.717) is 29.0 Å². The highest BCUT2D eigenvalue weighted by molar-refractivity contribution is 5.94. The molecule has 1 aromatic heterocycles. The third-order valence-electron chi connectivity index (χ3n) is 4.31. The van der Waals surface area contributed by atoms with Gasteiger partial charge in [-0.15, -0.1) is 0 Å². The molecule has 3 rings (SSSR count). The molecule has 1 heterocycles. The first-order valence-corrected chi connectivity index (χ1v) is 8.54. The van der Waals surface area contributed by atoms with Crippen molar-refractivity contribution in [2.45, 2.75) is 13.5 Å². The molecule has 27 heavy (non-hydrogen) atoms. The van der Waals surface area contributed by atoms with E-state index < -0.39 is 5.82 Å². The Kier molecular flexibility index (Phi) is 5.32. The zero-order valence-electron chi connectivity index (χ0n) is 15.5. The monoisotopic (exact) mass is 368 g/mol. The Bertz CT molecular complexity index is 1050. The van der Waals surface area contributed by atoms with Gasteiger partial charge in [0.25, 0.3) is 5.56 Å². The van der Waals surface area contributed by atoms with Crippen LogP contribution in [0.2, 0.25) is 0 Å². The van der Waals surface area contributed by atoms with Gasteiger partial charge in [0.2, 0.25) is 5.91 Å². The predicted molar refractivity (Wildman–Crippen MR) is 103 cm³/mol. The number of likely N-dealkylation sites (N-methyl/N-ethyl adjacent to an activating group) is 2. The molecular weight excluding hydrogens is 347 g/mol. The molecule has 0 unspecified atom stereocenters. The largest absolute Gasteiger partial charge is 0.314 e. The summed E-state index contributed by atoms with van der Waals surface area (Å²) >= 11 is 0. The number of halogens is 1. The second-order valence-electron chi connectivity index (χ2n) is 6.64. The number of nitrogens with one attached hydrogen (secondary N) is 1. The van der Waals surface area contributed by atoms with Gasteiger partial charge < -0.3 is 9.88 Å². The van der Waals surface area contributed by atoms with Gasteiger partial charge in [0.05, 0.1) is 24.0 Å². The van der Waals surface area contributed by atoms with E-state index in [-0.39, 0.29) is 18.0 Å². The fraction of sp³-hybridized carbons (Fsp3) is 0.250. The van der Waals surface area contributed by atoms with Gasteiger partial charge in [0.1, 0.15) is 11.6 Å². The van der Waals surface area contributed by atoms with E-state index in [1.165, 1.54) is 17.0 Å². The number of amides is 1. The molecule has 7 heteroatoms. The molecule has 6 nitrogen and oxygen atoms in total. The van der Waals surface area contributed by atoms with E-state index in [9.17, 15) is 14.0 Å². The van der Waals surface area contributed by atoms with Gasteiger partial charge in [-0.1, -0.05) is 12.1 Å². The Hall–Kier alpha value is -3.06. The second-order valence-corrected chi connectivity index (χ2v) is 6.64. The number of rotatable bonds is 5. The minimum atomic E-state index is -0.395. The zero-order valence-corrected chi connectivity index (χ0v) is 15.5. The van der Waals surface area contributed by atoms with Gasteiger partial charge >= 0.3 is 0 Å². The van der Waals surface area contributed by atoms with Crippen molar-refractivity contribution < 1.29 is 9.18 Å². The van der Waals surface area contributed by atoms with Crippen LogP contribution in [0.5, 0.6) is 0 Å². The SMILES string of the molecule is Cc1ccc2c(=O)[nH]c(CN(C)CC(=O)N(C)c3cccc(F)c3)nc2c1. The third-order valence-corrected chi connectivity index (χ3v) is 4.31. The lowest BCUT2D eigenvalue weighted by atomic mass is 10.2. The fourth-order valence-corrected chi connectivity index (χ4v) is 2.85. The maximum Gasteiger partial charge on any atom is 0.258 e. The molecule has 0 spiro atoms. The summed E-state index contributed by atoms with van der Waals surface area (Å²) < 4.78 is 13.3. The van der Waals surface area contributed by atoms with Crippen LogP contribution >= 0.6 is 0 Å². The quantitative estimate of drug-likeness (QED) is 0.751. The first kappa shape index (κ1) is 18.7. The topological polar surface area (TPSA) is 69.3 Å². The van der Waals surface area contributed by atoms with Gasteiger partial charge in [-0.25, -0.2) is 9.37 Å². The highest BCUT2D eigenvalue weighted by atomic mass is 19.1. The molecule has 1 N–H and O–H groups in total. The Balaban J connectivity index is 1.72. The van der Waals surface area contributed by atoms with Crippen molar-refractivity contribution >= 4 is 22.5 Å². The fourth-order valence-electron chi connectivity index (χ4n) is 2.85. The standard InChI is InChI=1S/C20H21FN4O2/c1-13-7-8-16-17(9-13)22-18(23-20(16)27)11-24(2)12-19(26)25(3)15-6-4-5-14(21)10-15/h4-10H,11-12H2,1-3H3,(H,22,23,27). The van der Waals surface area contributed by atoms with Crippen molar-refractivity contribution in [1.29, 1.82) is 0 Å². The van der Waals surface area contributed by atoms with E-state index >= 15 is 0 Å². The number of nitrogens with zero attached hydrogens (tertiary/aromatic N) is 3. The van der Waals surface area contributed by atoms with Crippen LogP contribution in [0.1, 0.15) is 11.4 Å². The molecule has 0 atom stereocenters. The Labute approximate surface area is 156 Å². The molecule has 1 amide bonds. The Morgan fingerprint density at radius 1 is 1.19 bits per heavy atom. The third kappa shape index (κ3) is 4.38. The lowest BCUT2D eigenvalue weighted by Gasteiger charge is -2.21. The number of carbonyl (C=O) groups is 1. The number of aryl methyl sites for hydroxylation is 1. The van der Waals surface area contributed by atoms with Crippen LogP contribution in [0.3, 0.4) is 0 Å². The summed E-state index contributed by atoms with van der Waals surface area (Å²) in [6, 6.07) is 11.3. The molecule has 140 valence electrons. The Morgan fingerprint density at radius 2 is 1.96 bits per heavy atom. The van der Waals surface area contributed by atoms with Crippen LogP contribution in [0.4, 0.5) is 10.1 Å². The number of hydrogen-bond donors (Lipinski definition) is 1. The predicted octanol–water partition coefficient (Wildman–Crippen LogP) is 2.47. The van der Waals surface area contributed by atoms with Gasteiger partial charge in [-0.2, -0.15) is 0 Å². The normalized spacial score (nSPS) is 11.1. The average molecular weight is 368 g/mol. The van der Waals surface area contributed by atoms with Crippen molar-refractivity contribution in [2.24, 2.45) is 0 Å². The summed E-state index contributed by atoms with van der Waals surface area (Å²) in [5, 5.41) is 0.536. The number of carbonyl (C=O) groups excluding carboxylic acids is 1. The zero-order chi connectivity index (χ0) is 19.6. The molecule has 0 aliphatic heterocycles. The van der Waals surface area contributed by atoms with Gasteiger partial charge in [0.15, 0.2) is 0 Å². The summed E-state index contributed by atoms with van der Waals surface area (Å²) in [5.41, 5.74) is 1.94. The summed E-state index contributed by atoms with van der Waals surface area (Å²) in [5.74, 6) is -0.0994. The maximum absolute atomic E-state index is 13.3. The summed E-state index contributed by atoms with van der Waals surface area (Å²) in [6.45, 7) is 2.35. The minimum Gasteiger partial charge on any atom is -0.314 e. The van der Waals surface area contributed by atoms with Crippen molar-refractivity contribution in [3.8, 4) is 0 Å². The van der Waals surface area contributed by atoms with Crippen LogP contribution in [-0.4, -0.2) is 41.4 Å². The van der Waals surface area contributed by atoms with E-state index in [1.807, 2.05) is 19.1 Å². The number of aromatic nitrogens is 2. The van der Waals surface area contributed by atoms with Gasteiger partial charge in [-0.05, 0) is 49.9 Å². The highest BCUT2D eigenvalue weighted by Crippen LogP contribution is 2.14. The number of H-pyrrole nitrogens is 1. The lowest BCUT2D eigenvalue weighted by Crippen LogP contribution is -2.37. The molecule has 0 bridgehead atoms. The number of aromatic amines is 1. The summed E-state index contributed by atoms with van der Waals surface area (Å²) in [4.78, 5) is 35.1. The number of hydrogen-bond acceptors (Lipinski definition) is 4. The molecule has 0 saturated carbocycles. The molecule has 0 aliphatic rings. The highest BCUT2D eigenvalue weighted by Gasteiger charge is 2.15. The van der Waals surface area contributed by atoms with E-state index in [0.717, 1.165) is 5.56 Å². The maximum atomic E-state index is 13.3. The van der Waals surface area contributed by atoms with Crippen molar-refractivity contribution in [1.82, 2.24) is 14.9 Å². The van der Waals surface area contributed by atoms with Crippen molar-refractivity contribution in [3.63, 3.8) is 0 Å². The molecule has 0 saturated heterocycles. The molecule has 3 aromatic rings. The van der Waals surface area contributed by atoms with E-state index in [1.54, 1.807) is 37.2 Å². The first-order chi connectivity index (χ1) is 12.8. The van der Waals surface area contributed by atoms with Crippen LogP contribution in [0.25, 0.3) is 10.9 Å². The number of anilines is 1. The average Bonchev–Trinajstić information content (AvgIpc) is 2.60. The molecule has 2 aromatic carbocycles. The van der Waals surface area contributed by atoms with Crippen LogP contribution in [-0.2, 0) is 11.3 Å². The Morgan fingerprint density at radius 3 is 2.70 bits per heavy atom. The van der Waals surface area contributed by atoms with Crippen molar-refractivity contribution in [3.05, 3.63) is 70.0 Å². The van der Waals surface area contributed by atoms with Gasteiger partial charge in [-0.3, -0.25) is 14.5 Å². The van der Waals surface area contributed by atoms with Gasteiger partial charge in [0, 0.05) is 12.7 Å². The van der Waals surface area contributed by atoms with E-state index in [2.05, 4.69) is 9.97 Å². The number of fused-ring (bicyclic) bond motifs is 1. The van der Waals surface area contributed by atoms with Crippen molar-refractivity contribution in [2.75, 3.05) is 25.5 Å². The minimum absolute atomic E-state index is 0.0998. The molecule has 0 aliphatic carbocycles. The van der Waals surface area contributed by atoms with Crippen LogP contribution < -0.4 is 10.5 Å². The molecule has 0 radical (unpaired) electrons. The molecule has 0 fully saturated rings. The van der Waals surface area contributed by atoms with E-state index in [4.69, 9.17) is 0 Å². The second kappa shape index (κ2) is 7.67. The smallest absolute Gasteiger partial charge is 0.258 e.